The highest BCUT2D eigenvalue weighted by Gasteiger charge is 2.21. The SMILES string of the molecule is CC(=O)c1cccc(NC(=O)CSCc2nnnn2C2CCCC2)c1. The van der Waals surface area contributed by atoms with Crippen molar-refractivity contribution < 1.29 is 9.59 Å². The molecule has 1 N–H and O–H groups in total. The standard InChI is InChI=1S/C17H21N5O2S/c1-12(23)13-5-4-6-14(9-13)18-17(24)11-25-10-16-19-20-21-22(16)15-7-2-3-8-15/h4-6,9,15H,2-3,7-8,10-11H2,1H3,(H,18,24). The van der Waals surface area contributed by atoms with Gasteiger partial charge in [0.15, 0.2) is 11.6 Å². The van der Waals surface area contributed by atoms with Gasteiger partial charge >= 0.3 is 0 Å². The van der Waals surface area contributed by atoms with Gasteiger partial charge in [-0.25, -0.2) is 4.68 Å². The van der Waals surface area contributed by atoms with E-state index in [4.69, 9.17) is 0 Å². The summed E-state index contributed by atoms with van der Waals surface area (Å²) in [5.41, 5.74) is 1.22. The van der Waals surface area contributed by atoms with E-state index in [1.165, 1.54) is 31.5 Å². The average molecular weight is 359 g/mol. The molecule has 1 aromatic heterocycles. The number of carbonyl (C=O) groups is 2. The van der Waals surface area contributed by atoms with E-state index in [1.54, 1.807) is 24.3 Å². The molecule has 0 saturated heterocycles. The summed E-state index contributed by atoms with van der Waals surface area (Å²) in [6, 6.07) is 7.35. The second-order valence-electron chi connectivity index (χ2n) is 6.16. The van der Waals surface area contributed by atoms with Gasteiger partial charge in [0, 0.05) is 11.3 Å². The monoisotopic (exact) mass is 359 g/mol. The van der Waals surface area contributed by atoms with Crippen molar-refractivity contribution in [2.75, 3.05) is 11.1 Å². The molecule has 25 heavy (non-hydrogen) atoms. The molecule has 1 heterocycles. The average Bonchev–Trinajstić information content (AvgIpc) is 3.26. The molecular formula is C17H21N5O2S. The molecule has 0 bridgehead atoms. The Morgan fingerprint density at radius 1 is 1.32 bits per heavy atom. The van der Waals surface area contributed by atoms with Crippen LogP contribution in [0.4, 0.5) is 5.69 Å². The number of tetrazole rings is 1. The van der Waals surface area contributed by atoms with Crippen LogP contribution in [0, 0.1) is 0 Å². The predicted molar refractivity (Wildman–Crippen MR) is 96.6 cm³/mol. The maximum Gasteiger partial charge on any atom is 0.234 e. The van der Waals surface area contributed by atoms with Gasteiger partial charge in [0.25, 0.3) is 0 Å². The Hall–Kier alpha value is -2.22. The van der Waals surface area contributed by atoms with Crippen LogP contribution in [0.2, 0.25) is 0 Å². The number of benzene rings is 1. The number of aromatic nitrogens is 4. The third-order valence-corrected chi connectivity index (χ3v) is 5.18. The van der Waals surface area contributed by atoms with Gasteiger partial charge in [-0.1, -0.05) is 25.0 Å². The highest BCUT2D eigenvalue weighted by molar-refractivity contribution is 7.99. The van der Waals surface area contributed by atoms with Crippen molar-refractivity contribution in [3.05, 3.63) is 35.7 Å². The Labute approximate surface area is 150 Å². The minimum Gasteiger partial charge on any atom is -0.325 e. The Morgan fingerprint density at radius 2 is 2.12 bits per heavy atom. The predicted octanol–water partition coefficient (Wildman–Crippen LogP) is 2.86. The highest BCUT2D eigenvalue weighted by atomic mass is 32.2. The van der Waals surface area contributed by atoms with E-state index in [0.29, 0.717) is 28.8 Å². The zero-order valence-corrected chi connectivity index (χ0v) is 15.0. The molecule has 1 fully saturated rings. The van der Waals surface area contributed by atoms with Crippen molar-refractivity contribution in [2.45, 2.75) is 44.4 Å². The van der Waals surface area contributed by atoms with Crippen LogP contribution in [0.5, 0.6) is 0 Å². The number of amides is 1. The smallest absolute Gasteiger partial charge is 0.234 e. The summed E-state index contributed by atoms with van der Waals surface area (Å²) in [4.78, 5) is 23.5. The van der Waals surface area contributed by atoms with Gasteiger partial charge in [-0.15, -0.1) is 16.9 Å². The Morgan fingerprint density at radius 3 is 2.88 bits per heavy atom. The lowest BCUT2D eigenvalue weighted by atomic mass is 10.1. The summed E-state index contributed by atoms with van der Waals surface area (Å²) in [6.45, 7) is 1.51. The number of carbonyl (C=O) groups excluding carboxylic acids is 2. The second-order valence-corrected chi connectivity index (χ2v) is 7.14. The zero-order valence-electron chi connectivity index (χ0n) is 14.1. The zero-order chi connectivity index (χ0) is 17.6. The van der Waals surface area contributed by atoms with E-state index in [1.807, 2.05) is 4.68 Å². The van der Waals surface area contributed by atoms with Crippen LogP contribution >= 0.6 is 11.8 Å². The molecule has 3 rings (SSSR count). The van der Waals surface area contributed by atoms with Crippen LogP contribution in [0.25, 0.3) is 0 Å². The number of nitrogens with one attached hydrogen (secondary N) is 1. The number of rotatable bonds is 7. The fourth-order valence-corrected chi connectivity index (χ4v) is 3.72. The van der Waals surface area contributed by atoms with Gasteiger partial charge < -0.3 is 5.32 Å². The molecule has 8 heteroatoms. The molecule has 0 unspecified atom stereocenters. The third kappa shape index (κ3) is 4.66. The number of hydrogen-bond donors (Lipinski definition) is 1. The Kier molecular flexibility index (Phi) is 5.80. The topological polar surface area (TPSA) is 89.8 Å². The van der Waals surface area contributed by atoms with Crippen LogP contribution in [0.3, 0.4) is 0 Å². The number of nitrogens with zero attached hydrogens (tertiary/aromatic N) is 4. The normalized spacial score (nSPS) is 14.6. The minimum absolute atomic E-state index is 0.0239. The van der Waals surface area contributed by atoms with Crippen LogP contribution < -0.4 is 5.32 Å². The minimum atomic E-state index is -0.106. The van der Waals surface area contributed by atoms with Gasteiger partial charge in [0.1, 0.15) is 0 Å². The summed E-state index contributed by atoms with van der Waals surface area (Å²) >= 11 is 1.48. The lowest BCUT2D eigenvalue weighted by Gasteiger charge is -2.11. The van der Waals surface area contributed by atoms with Crippen molar-refractivity contribution in [1.82, 2.24) is 20.2 Å². The summed E-state index contributed by atoms with van der Waals surface area (Å²) in [6.07, 6.45) is 4.68. The molecule has 0 aliphatic heterocycles. The van der Waals surface area contributed by atoms with Crippen molar-refractivity contribution >= 4 is 29.1 Å². The fourth-order valence-electron chi connectivity index (χ4n) is 2.99. The van der Waals surface area contributed by atoms with Gasteiger partial charge in [-0.3, -0.25) is 9.59 Å². The molecule has 1 aliphatic rings. The van der Waals surface area contributed by atoms with Crippen LogP contribution in [-0.4, -0.2) is 37.7 Å². The molecule has 7 nitrogen and oxygen atoms in total. The Bertz CT molecular complexity index is 755. The first kappa shape index (κ1) is 17.6. The first-order valence-electron chi connectivity index (χ1n) is 8.39. The summed E-state index contributed by atoms with van der Waals surface area (Å²) < 4.78 is 1.91. The summed E-state index contributed by atoms with van der Waals surface area (Å²) in [5.74, 6) is 1.60. The van der Waals surface area contributed by atoms with Gasteiger partial charge in [0.2, 0.25) is 5.91 Å². The van der Waals surface area contributed by atoms with Crippen molar-refractivity contribution in [1.29, 1.82) is 0 Å². The van der Waals surface area contributed by atoms with Gasteiger partial charge in [0.05, 0.1) is 17.5 Å². The molecule has 0 atom stereocenters. The van der Waals surface area contributed by atoms with E-state index in [-0.39, 0.29) is 11.7 Å². The van der Waals surface area contributed by atoms with Crippen LogP contribution in [0.15, 0.2) is 24.3 Å². The summed E-state index contributed by atoms with van der Waals surface area (Å²) in [5, 5.41) is 14.8. The number of ketones is 1. The maximum absolute atomic E-state index is 12.1. The molecule has 1 saturated carbocycles. The first-order valence-corrected chi connectivity index (χ1v) is 9.54. The molecular weight excluding hydrogens is 338 g/mol. The summed E-state index contributed by atoms with van der Waals surface area (Å²) in [7, 11) is 0. The molecule has 2 aromatic rings. The lowest BCUT2D eigenvalue weighted by molar-refractivity contribution is -0.113. The van der Waals surface area contributed by atoms with E-state index in [0.717, 1.165) is 18.7 Å². The van der Waals surface area contributed by atoms with Crippen molar-refractivity contribution in [3.63, 3.8) is 0 Å². The third-order valence-electron chi connectivity index (χ3n) is 4.25. The molecule has 1 aromatic carbocycles. The molecule has 132 valence electrons. The van der Waals surface area contributed by atoms with Gasteiger partial charge in [-0.2, -0.15) is 0 Å². The number of thioether (sulfide) groups is 1. The fraction of sp³-hybridized carbons (Fsp3) is 0.471. The maximum atomic E-state index is 12.1. The van der Waals surface area contributed by atoms with Gasteiger partial charge in [-0.05, 0) is 42.3 Å². The van der Waals surface area contributed by atoms with E-state index in [9.17, 15) is 9.59 Å². The number of Topliss-reactive ketones (excluding diaryl/α,β-unsaturated/α-hetero) is 1. The number of anilines is 1. The Balaban J connectivity index is 1.49. The number of hydrogen-bond acceptors (Lipinski definition) is 6. The van der Waals surface area contributed by atoms with E-state index >= 15 is 0 Å². The van der Waals surface area contributed by atoms with E-state index in [2.05, 4.69) is 20.8 Å². The molecule has 0 radical (unpaired) electrons. The largest absolute Gasteiger partial charge is 0.325 e. The lowest BCUT2D eigenvalue weighted by Crippen LogP contribution is -2.15. The molecule has 1 aliphatic carbocycles. The molecule has 0 spiro atoms. The van der Waals surface area contributed by atoms with E-state index < -0.39 is 0 Å². The second kappa shape index (κ2) is 8.24. The quantitative estimate of drug-likeness (QED) is 0.765. The van der Waals surface area contributed by atoms with Crippen LogP contribution in [0.1, 0.15) is 54.8 Å². The van der Waals surface area contributed by atoms with Crippen LogP contribution in [-0.2, 0) is 10.5 Å². The first-order chi connectivity index (χ1) is 12.1. The van der Waals surface area contributed by atoms with Crippen molar-refractivity contribution in [2.24, 2.45) is 0 Å². The molecule has 1 amide bonds. The highest BCUT2D eigenvalue weighted by Crippen LogP contribution is 2.29. The van der Waals surface area contributed by atoms with Crippen molar-refractivity contribution in [3.8, 4) is 0 Å².